The summed E-state index contributed by atoms with van der Waals surface area (Å²) in [5.74, 6) is 3.23. The van der Waals surface area contributed by atoms with E-state index in [1.165, 1.54) is 6.33 Å². The molecular weight excluding hydrogens is 328 g/mol. The standard InChI is InChI=1S/C19H20N6O/c1-2-3-8-19(24-25-19)9-11-21-18(26)16-6-4-5-15(12-16)13-22-17-7-10-20-14-23-17/h1,4-7,10,12,14H,3,8-9,11,13H2,(H,21,26)(H,20,22,23). The van der Waals surface area contributed by atoms with Crippen LogP contribution in [-0.4, -0.2) is 28.1 Å². The zero-order chi connectivity index (χ0) is 18.2. The quantitative estimate of drug-likeness (QED) is 0.682. The van der Waals surface area contributed by atoms with Crippen molar-refractivity contribution in [3.05, 3.63) is 54.0 Å². The van der Waals surface area contributed by atoms with Gasteiger partial charge in [0.25, 0.3) is 5.91 Å². The van der Waals surface area contributed by atoms with Gasteiger partial charge in [0.15, 0.2) is 5.66 Å². The Kier molecular flexibility index (Phi) is 5.54. The number of terminal acetylenes is 1. The Bertz CT molecular complexity index is 821. The van der Waals surface area contributed by atoms with Gasteiger partial charge >= 0.3 is 0 Å². The van der Waals surface area contributed by atoms with Crippen molar-refractivity contribution < 1.29 is 4.79 Å². The Morgan fingerprint density at radius 2 is 2.12 bits per heavy atom. The molecule has 0 saturated carbocycles. The lowest BCUT2D eigenvalue weighted by Gasteiger charge is -2.11. The van der Waals surface area contributed by atoms with Gasteiger partial charge in [0.2, 0.25) is 0 Å². The third-order valence-corrected chi connectivity index (χ3v) is 4.11. The van der Waals surface area contributed by atoms with Crippen LogP contribution < -0.4 is 10.6 Å². The number of benzene rings is 1. The van der Waals surface area contributed by atoms with E-state index in [1.54, 1.807) is 18.3 Å². The third kappa shape index (κ3) is 4.86. The number of carbonyl (C=O) groups excluding carboxylic acids is 1. The third-order valence-electron chi connectivity index (χ3n) is 4.11. The van der Waals surface area contributed by atoms with Crippen molar-refractivity contribution in [2.24, 2.45) is 10.2 Å². The molecule has 7 nitrogen and oxygen atoms in total. The molecule has 7 heteroatoms. The monoisotopic (exact) mass is 348 g/mol. The summed E-state index contributed by atoms with van der Waals surface area (Å²) in [5.41, 5.74) is 1.24. The van der Waals surface area contributed by atoms with Crippen molar-refractivity contribution in [3.8, 4) is 12.3 Å². The summed E-state index contributed by atoms with van der Waals surface area (Å²) >= 11 is 0. The highest BCUT2D eigenvalue weighted by molar-refractivity contribution is 5.94. The molecule has 0 spiro atoms. The van der Waals surface area contributed by atoms with E-state index in [4.69, 9.17) is 6.42 Å². The number of rotatable bonds is 9. The molecule has 0 radical (unpaired) electrons. The minimum atomic E-state index is -0.372. The van der Waals surface area contributed by atoms with E-state index in [0.717, 1.165) is 17.8 Å². The Morgan fingerprint density at radius 3 is 2.85 bits per heavy atom. The van der Waals surface area contributed by atoms with Crippen LogP contribution in [-0.2, 0) is 6.54 Å². The van der Waals surface area contributed by atoms with Gasteiger partial charge in [-0.05, 0) is 23.8 Å². The average molecular weight is 348 g/mol. The number of nitrogens with zero attached hydrogens (tertiary/aromatic N) is 4. The second-order valence-electron chi connectivity index (χ2n) is 6.04. The van der Waals surface area contributed by atoms with E-state index in [9.17, 15) is 4.79 Å². The van der Waals surface area contributed by atoms with Crippen LogP contribution in [0.15, 0.2) is 53.1 Å². The molecule has 132 valence electrons. The molecule has 0 unspecified atom stereocenters. The largest absolute Gasteiger partial charge is 0.366 e. The molecule has 26 heavy (non-hydrogen) atoms. The molecule has 1 aromatic carbocycles. The fourth-order valence-electron chi connectivity index (χ4n) is 2.56. The summed E-state index contributed by atoms with van der Waals surface area (Å²) in [7, 11) is 0. The van der Waals surface area contributed by atoms with Crippen LogP contribution in [0.3, 0.4) is 0 Å². The molecule has 2 N–H and O–H groups in total. The minimum Gasteiger partial charge on any atom is -0.366 e. The number of aromatic nitrogens is 2. The van der Waals surface area contributed by atoms with Gasteiger partial charge in [-0.1, -0.05) is 12.1 Å². The first kappa shape index (κ1) is 17.5. The topological polar surface area (TPSA) is 91.6 Å². The van der Waals surface area contributed by atoms with Crippen molar-refractivity contribution >= 4 is 11.7 Å². The molecule has 2 heterocycles. The molecule has 1 aliphatic rings. The van der Waals surface area contributed by atoms with Crippen molar-refractivity contribution in [1.82, 2.24) is 15.3 Å². The first-order chi connectivity index (χ1) is 12.7. The van der Waals surface area contributed by atoms with Gasteiger partial charge in [0.05, 0.1) is 0 Å². The Balaban J connectivity index is 1.48. The van der Waals surface area contributed by atoms with Crippen LogP contribution in [0.4, 0.5) is 5.82 Å². The number of amides is 1. The molecular formula is C19H20N6O. The van der Waals surface area contributed by atoms with E-state index in [-0.39, 0.29) is 11.6 Å². The molecule has 0 atom stereocenters. The van der Waals surface area contributed by atoms with E-state index in [2.05, 4.69) is 36.8 Å². The van der Waals surface area contributed by atoms with Gasteiger partial charge in [0, 0.05) is 44.1 Å². The van der Waals surface area contributed by atoms with E-state index in [0.29, 0.717) is 31.5 Å². The molecule has 1 aliphatic heterocycles. The summed E-state index contributed by atoms with van der Waals surface area (Å²) in [5, 5.41) is 14.3. The average Bonchev–Trinajstić information content (AvgIpc) is 3.46. The maximum atomic E-state index is 12.3. The van der Waals surface area contributed by atoms with Crippen LogP contribution in [0, 0.1) is 12.3 Å². The molecule has 2 aromatic rings. The normalized spacial score (nSPS) is 13.7. The molecule has 0 bridgehead atoms. The van der Waals surface area contributed by atoms with Crippen LogP contribution in [0.5, 0.6) is 0 Å². The fraction of sp³-hybridized carbons (Fsp3) is 0.316. The van der Waals surface area contributed by atoms with Crippen molar-refractivity contribution in [1.29, 1.82) is 0 Å². The van der Waals surface area contributed by atoms with Crippen LogP contribution in [0.2, 0.25) is 0 Å². The lowest BCUT2D eigenvalue weighted by Crippen LogP contribution is -2.28. The molecule has 0 saturated heterocycles. The van der Waals surface area contributed by atoms with Crippen molar-refractivity contribution in [3.63, 3.8) is 0 Å². The van der Waals surface area contributed by atoms with Crippen LogP contribution in [0.1, 0.15) is 35.2 Å². The molecule has 1 aromatic heterocycles. The minimum absolute atomic E-state index is 0.110. The van der Waals surface area contributed by atoms with Gasteiger partial charge in [0.1, 0.15) is 12.1 Å². The zero-order valence-corrected chi connectivity index (χ0v) is 14.4. The fourth-order valence-corrected chi connectivity index (χ4v) is 2.56. The Morgan fingerprint density at radius 1 is 1.23 bits per heavy atom. The number of hydrogen-bond donors (Lipinski definition) is 2. The molecule has 0 fully saturated rings. The molecule has 1 amide bonds. The number of carbonyl (C=O) groups is 1. The van der Waals surface area contributed by atoms with Gasteiger partial charge in [-0.3, -0.25) is 4.79 Å². The lowest BCUT2D eigenvalue weighted by atomic mass is 10.0. The summed E-state index contributed by atoms with van der Waals surface area (Å²) in [6.45, 7) is 1.09. The second kappa shape index (κ2) is 8.21. The summed E-state index contributed by atoms with van der Waals surface area (Å²) < 4.78 is 0. The lowest BCUT2D eigenvalue weighted by molar-refractivity contribution is 0.0952. The second-order valence-corrected chi connectivity index (χ2v) is 6.04. The highest BCUT2D eigenvalue weighted by Crippen LogP contribution is 2.36. The Labute approximate surface area is 152 Å². The summed E-state index contributed by atoms with van der Waals surface area (Å²) in [6.07, 6.45) is 10.5. The first-order valence-corrected chi connectivity index (χ1v) is 8.45. The van der Waals surface area contributed by atoms with Crippen LogP contribution >= 0.6 is 0 Å². The highest BCUT2D eigenvalue weighted by Gasteiger charge is 2.38. The van der Waals surface area contributed by atoms with Gasteiger partial charge in [-0.15, -0.1) is 12.3 Å². The van der Waals surface area contributed by atoms with E-state index < -0.39 is 0 Å². The smallest absolute Gasteiger partial charge is 0.251 e. The maximum absolute atomic E-state index is 12.3. The summed E-state index contributed by atoms with van der Waals surface area (Å²) in [6, 6.07) is 9.28. The first-order valence-electron chi connectivity index (χ1n) is 8.45. The predicted molar refractivity (Wildman–Crippen MR) is 98.4 cm³/mol. The predicted octanol–water partition coefficient (Wildman–Crippen LogP) is 2.78. The van der Waals surface area contributed by atoms with Crippen molar-refractivity contribution in [2.45, 2.75) is 31.5 Å². The number of nitrogens with one attached hydrogen (secondary N) is 2. The maximum Gasteiger partial charge on any atom is 0.251 e. The Hall–Kier alpha value is -3.27. The number of hydrogen-bond acceptors (Lipinski definition) is 6. The molecule has 0 aliphatic carbocycles. The summed E-state index contributed by atoms with van der Waals surface area (Å²) in [4.78, 5) is 20.3. The van der Waals surface area contributed by atoms with Crippen molar-refractivity contribution in [2.75, 3.05) is 11.9 Å². The molecule has 3 rings (SSSR count). The number of anilines is 1. The van der Waals surface area contributed by atoms with Gasteiger partial charge < -0.3 is 10.6 Å². The SMILES string of the molecule is C#CCCC1(CCNC(=O)c2cccc(CNc3ccncn3)c2)N=N1. The zero-order valence-electron chi connectivity index (χ0n) is 14.4. The van der Waals surface area contributed by atoms with Gasteiger partial charge in [-0.25, -0.2) is 9.97 Å². The van der Waals surface area contributed by atoms with Crippen LogP contribution in [0.25, 0.3) is 0 Å². The van der Waals surface area contributed by atoms with Gasteiger partial charge in [-0.2, -0.15) is 10.2 Å². The van der Waals surface area contributed by atoms with E-state index >= 15 is 0 Å². The highest BCUT2D eigenvalue weighted by atomic mass is 16.1. The van der Waals surface area contributed by atoms with E-state index in [1.807, 2.05) is 18.2 Å².